The SMILES string of the molecule is C=C(CCCC(C)C)C(N)=O. The van der Waals surface area contributed by atoms with Crippen molar-refractivity contribution in [3.63, 3.8) is 0 Å². The number of hydrogen-bond acceptors (Lipinski definition) is 1. The van der Waals surface area contributed by atoms with E-state index < -0.39 is 0 Å². The predicted octanol–water partition coefficient (Wildman–Crippen LogP) is 1.85. The molecule has 0 aliphatic rings. The van der Waals surface area contributed by atoms with Gasteiger partial charge in [0.1, 0.15) is 0 Å². The standard InChI is InChI=1S/C9H17NO/c1-7(2)5-4-6-8(3)9(10)11/h7H,3-6H2,1-2H3,(H2,10,11). The van der Waals surface area contributed by atoms with Crippen LogP contribution in [0.4, 0.5) is 0 Å². The van der Waals surface area contributed by atoms with Crippen molar-refractivity contribution >= 4 is 5.91 Å². The quantitative estimate of drug-likeness (QED) is 0.605. The zero-order valence-corrected chi connectivity index (χ0v) is 7.39. The van der Waals surface area contributed by atoms with Crippen LogP contribution in [0.15, 0.2) is 12.2 Å². The van der Waals surface area contributed by atoms with Gasteiger partial charge >= 0.3 is 0 Å². The Bertz CT molecular complexity index is 150. The van der Waals surface area contributed by atoms with Crippen molar-refractivity contribution in [2.45, 2.75) is 33.1 Å². The van der Waals surface area contributed by atoms with Crippen LogP contribution < -0.4 is 5.73 Å². The van der Waals surface area contributed by atoms with Crippen LogP contribution in [-0.2, 0) is 4.79 Å². The van der Waals surface area contributed by atoms with E-state index in [1.54, 1.807) is 0 Å². The fourth-order valence-electron chi connectivity index (χ4n) is 0.847. The summed E-state index contributed by atoms with van der Waals surface area (Å²) in [5.74, 6) is 0.324. The summed E-state index contributed by atoms with van der Waals surface area (Å²) in [6.45, 7) is 7.90. The molecule has 2 nitrogen and oxygen atoms in total. The van der Waals surface area contributed by atoms with Crippen LogP contribution in [0.1, 0.15) is 33.1 Å². The summed E-state index contributed by atoms with van der Waals surface area (Å²) >= 11 is 0. The number of amides is 1. The maximum absolute atomic E-state index is 10.5. The van der Waals surface area contributed by atoms with Gasteiger partial charge in [-0.3, -0.25) is 4.79 Å². The summed E-state index contributed by atoms with van der Waals surface area (Å²) in [5.41, 5.74) is 5.56. The van der Waals surface area contributed by atoms with Gasteiger partial charge in [0.05, 0.1) is 0 Å². The number of primary amides is 1. The molecule has 2 N–H and O–H groups in total. The van der Waals surface area contributed by atoms with Crippen LogP contribution in [-0.4, -0.2) is 5.91 Å². The second-order valence-electron chi connectivity index (χ2n) is 3.25. The van der Waals surface area contributed by atoms with Crippen molar-refractivity contribution in [2.75, 3.05) is 0 Å². The molecule has 0 radical (unpaired) electrons. The van der Waals surface area contributed by atoms with Gasteiger partial charge in [-0.05, 0) is 18.8 Å². The molecule has 0 rings (SSSR count). The fraction of sp³-hybridized carbons (Fsp3) is 0.667. The van der Waals surface area contributed by atoms with Gasteiger partial charge in [0, 0.05) is 5.57 Å². The average Bonchev–Trinajstić information content (AvgIpc) is 1.86. The van der Waals surface area contributed by atoms with Gasteiger partial charge in [-0.25, -0.2) is 0 Å². The van der Waals surface area contributed by atoms with Gasteiger partial charge in [-0.1, -0.05) is 26.8 Å². The summed E-state index contributed by atoms with van der Waals surface area (Å²) in [5, 5.41) is 0. The Labute approximate surface area is 68.5 Å². The molecule has 0 atom stereocenters. The van der Waals surface area contributed by atoms with E-state index in [1.807, 2.05) is 0 Å². The van der Waals surface area contributed by atoms with Gasteiger partial charge < -0.3 is 5.73 Å². The molecule has 64 valence electrons. The molecule has 0 aromatic heterocycles. The highest BCUT2D eigenvalue weighted by atomic mass is 16.1. The molecule has 0 saturated carbocycles. The third-order valence-corrected chi connectivity index (χ3v) is 1.61. The first-order valence-corrected chi connectivity index (χ1v) is 4.01. The summed E-state index contributed by atoms with van der Waals surface area (Å²) in [6, 6.07) is 0. The van der Waals surface area contributed by atoms with E-state index in [0.717, 1.165) is 19.3 Å². The van der Waals surface area contributed by atoms with E-state index in [9.17, 15) is 4.79 Å². The van der Waals surface area contributed by atoms with Gasteiger partial charge in [-0.15, -0.1) is 0 Å². The van der Waals surface area contributed by atoms with E-state index in [-0.39, 0.29) is 5.91 Å². The molecule has 2 heteroatoms. The minimum absolute atomic E-state index is 0.367. The molecule has 0 aliphatic carbocycles. The van der Waals surface area contributed by atoms with Crippen molar-refractivity contribution in [1.29, 1.82) is 0 Å². The molecule has 0 bridgehead atoms. The maximum Gasteiger partial charge on any atom is 0.244 e. The molecule has 0 fully saturated rings. The molecule has 1 amide bonds. The molecular formula is C9H17NO. The van der Waals surface area contributed by atoms with Gasteiger partial charge in [0.2, 0.25) is 5.91 Å². The lowest BCUT2D eigenvalue weighted by Gasteiger charge is -2.03. The van der Waals surface area contributed by atoms with Crippen molar-refractivity contribution in [3.8, 4) is 0 Å². The Morgan fingerprint density at radius 1 is 1.55 bits per heavy atom. The minimum Gasteiger partial charge on any atom is -0.366 e. The van der Waals surface area contributed by atoms with Crippen LogP contribution >= 0.6 is 0 Å². The molecule has 0 unspecified atom stereocenters. The van der Waals surface area contributed by atoms with Crippen molar-refractivity contribution in [3.05, 3.63) is 12.2 Å². The summed E-state index contributed by atoms with van der Waals surface area (Å²) in [4.78, 5) is 10.5. The lowest BCUT2D eigenvalue weighted by Crippen LogP contribution is -2.12. The van der Waals surface area contributed by atoms with Crippen LogP contribution in [0.25, 0.3) is 0 Å². The van der Waals surface area contributed by atoms with Gasteiger partial charge in [0.25, 0.3) is 0 Å². The molecule has 0 aliphatic heterocycles. The first-order valence-electron chi connectivity index (χ1n) is 4.01. The minimum atomic E-state index is -0.367. The average molecular weight is 155 g/mol. The van der Waals surface area contributed by atoms with Crippen molar-refractivity contribution in [2.24, 2.45) is 11.7 Å². The number of carbonyl (C=O) groups excluding carboxylic acids is 1. The Kier molecular flexibility index (Phi) is 4.59. The Hall–Kier alpha value is -0.790. The van der Waals surface area contributed by atoms with Crippen molar-refractivity contribution in [1.82, 2.24) is 0 Å². The third-order valence-electron chi connectivity index (χ3n) is 1.61. The Balaban J connectivity index is 3.40. The topological polar surface area (TPSA) is 43.1 Å². The van der Waals surface area contributed by atoms with Crippen LogP contribution in [0, 0.1) is 5.92 Å². The van der Waals surface area contributed by atoms with Crippen LogP contribution in [0.3, 0.4) is 0 Å². The maximum atomic E-state index is 10.5. The zero-order chi connectivity index (χ0) is 8.85. The lowest BCUT2D eigenvalue weighted by atomic mass is 10.0. The molecule has 0 aromatic carbocycles. The molecule has 0 spiro atoms. The summed E-state index contributed by atoms with van der Waals surface area (Å²) in [7, 11) is 0. The molecule has 0 aromatic rings. The molecular weight excluding hydrogens is 138 g/mol. The van der Waals surface area contributed by atoms with E-state index in [4.69, 9.17) is 5.73 Å². The third kappa shape index (κ3) is 5.64. The van der Waals surface area contributed by atoms with E-state index in [0.29, 0.717) is 11.5 Å². The highest BCUT2D eigenvalue weighted by Gasteiger charge is 2.01. The largest absolute Gasteiger partial charge is 0.366 e. The fourth-order valence-corrected chi connectivity index (χ4v) is 0.847. The first-order chi connectivity index (χ1) is 5.04. The summed E-state index contributed by atoms with van der Waals surface area (Å²) in [6.07, 6.45) is 2.89. The highest BCUT2D eigenvalue weighted by molar-refractivity contribution is 5.91. The molecule has 11 heavy (non-hydrogen) atoms. The normalized spacial score (nSPS) is 10.1. The Morgan fingerprint density at radius 2 is 2.09 bits per heavy atom. The van der Waals surface area contributed by atoms with Gasteiger partial charge in [0.15, 0.2) is 0 Å². The van der Waals surface area contributed by atoms with Gasteiger partial charge in [-0.2, -0.15) is 0 Å². The second kappa shape index (κ2) is 4.94. The number of carbonyl (C=O) groups is 1. The van der Waals surface area contributed by atoms with Crippen molar-refractivity contribution < 1.29 is 4.79 Å². The number of nitrogens with two attached hydrogens (primary N) is 1. The second-order valence-corrected chi connectivity index (χ2v) is 3.25. The number of hydrogen-bond donors (Lipinski definition) is 1. The Morgan fingerprint density at radius 3 is 2.45 bits per heavy atom. The summed E-state index contributed by atoms with van der Waals surface area (Å²) < 4.78 is 0. The van der Waals surface area contributed by atoms with E-state index in [1.165, 1.54) is 0 Å². The monoisotopic (exact) mass is 155 g/mol. The lowest BCUT2D eigenvalue weighted by molar-refractivity contribution is -0.114. The molecule has 0 heterocycles. The first kappa shape index (κ1) is 10.2. The smallest absolute Gasteiger partial charge is 0.244 e. The predicted molar refractivity (Wildman–Crippen MR) is 47.0 cm³/mol. The van der Waals surface area contributed by atoms with Crippen LogP contribution in [0.5, 0.6) is 0 Å². The van der Waals surface area contributed by atoms with E-state index in [2.05, 4.69) is 20.4 Å². The molecule has 0 saturated heterocycles. The zero-order valence-electron chi connectivity index (χ0n) is 7.39. The number of rotatable bonds is 5. The van der Waals surface area contributed by atoms with Crippen LogP contribution in [0.2, 0.25) is 0 Å². The highest BCUT2D eigenvalue weighted by Crippen LogP contribution is 2.09. The van der Waals surface area contributed by atoms with E-state index >= 15 is 0 Å².